The van der Waals surface area contributed by atoms with E-state index in [9.17, 15) is 8.42 Å². The summed E-state index contributed by atoms with van der Waals surface area (Å²) in [7, 11) is -3.21. The standard InChI is InChI=1S/C10H21NO3S/c1-10(2,3)8-15(13,14)11-6-4-5-9(11)7-12/h9,12H,4-8H2,1-3H3/t9-/m1/s1. The van der Waals surface area contributed by atoms with Gasteiger partial charge in [0.15, 0.2) is 0 Å². The Morgan fingerprint density at radius 3 is 2.47 bits per heavy atom. The van der Waals surface area contributed by atoms with Gasteiger partial charge in [-0.15, -0.1) is 0 Å². The van der Waals surface area contributed by atoms with Gasteiger partial charge in [-0.1, -0.05) is 20.8 Å². The van der Waals surface area contributed by atoms with E-state index in [1.165, 1.54) is 4.31 Å². The third-order valence-electron chi connectivity index (χ3n) is 2.51. The molecular formula is C10H21NO3S. The molecule has 0 spiro atoms. The maximum absolute atomic E-state index is 12.0. The number of hydrogen-bond donors (Lipinski definition) is 1. The highest BCUT2D eigenvalue weighted by Gasteiger charge is 2.35. The van der Waals surface area contributed by atoms with Crippen molar-refractivity contribution in [3.63, 3.8) is 0 Å². The maximum Gasteiger partial charge on any atom is 0.214 e. The monoisotopic (exact) mass is 235 g/mol. The average Bonchev–Trinajstić information content (AvgIpc) is 2.46. The SMILES string of the molecule is CC(C)(C)CS(=O)(=O)N1CCC[C@@H]1CO. The third kappa shape index (κ3) is 3.43. The second kappa shape index (κ2) is 4.39. The van der Waals surface area contributed by atoms with Crippen molar-refractivity contribution in [2.45, 2.75) is 39.7 Å². The lowest BCUT2D eigenvalue weighted by Gasteiger charge is -2.26. The lowest BCUT2D eigenvalue weighted by atomic mass is 10.0. The molecule has 0 aromatic rings. The summed E-state index contributed by atoms with van der Waals surface area (Å²) in [6.07, 6.45) is 1.63. The largest absolute Gasteiger partial charge is 0.395 e. The number of aliphatic hydroxyl groups excluding tert-OH is 1. The Bertz CT molecular complexity index is 305. The Hall–Kier alpha value is -0.130. The van der Waals surface area contributed by atoms with Crippen molar-refractivity contribution in [1.82, 2.24) is 4.31 Å². The summed E-state index contributed by atoms with van der Waals surface area (Å²) in [5, 5.41) is 9.09. The minimum atomic E-state index is -3.21. The molecule has 90 valence electrons. The van der Waals surface area contributed by atoms with Gasteiger partial charge in [0, 0.05) is 12.6 Å². The maximum atomic E-state index is 12.0. The minimum Gasteiger partial charge on any atom is -0.395 e. The number of aliphatic hydroxyl groups is 1. The second-order valence-corrected chi connectivity index (χ2v) is 7.33. The summed E-state index contributed by atoms with van der Waals surface area (Å²) in [5.74, 6) is 0.149. The third-order valence-corrected chi connectivity index (χ3v) is 4.93. The van der Waals surface area contributed by atoms with Crippen LogP contribution in [-0.4, -0.2) is 42.8 Å². The average molecular weight is 235 g/mol. The molecule has 0 saturated carbocycles. The molecule has 1 saturated heterocycles. The Labute approximate surface area is 92.3 Å². The fourth-order valence-electron chi connectivity index (χ4n) is 1.99. The van der Waals surface area contributed by atoms with Crippen molar-refractivity contribution in [2.75, 3.05) is 18.9 Å². The van der Waals surface area contributed by atoms with Crippen LogP contribution in [0.3, 0.4) is 0 Å². The van der Waals surface area contributed by atoms with E-state index in [2.05, 4.69) is 0 Å². The topological polar surface area (TPSA) is 57.6 Å². The van der Waals surface area contributed by atoms with E-state index in [4.69, 9.17) is 5.11 Å². The fourth-order valence-corrected chi connectivity index (χ4v) is 4.28. The van der Waals surface area contributed by atoms with Crippen molar-refractivity contribution in [2.24, 2.45) is 5.41 Å². The summed E-state index contributed by atoms with van der Waals surface area (Å²) in [5.41, 5.74) is -0.235. The molecule has 0 aliphatic carbocycles. The first-order valence-electron chi connectivity index (χ1n) is 5.37. The molecule has 1 atom stereocenters. The van der Waals surface area contributed by atoms with Crippen molar-refractivity contribution < 1.29 is 13.5 Å². The predicted octanol–water partition coefficient (Wildman–Crippen LogP) is 0.819. The molecular weight excluding hydrogens is 214 g/mol. The summed E-state index contributed by atoms with van der Waals surface area (Å²) < 4.78 is 25.5. The van der Waals surface area contributed by atoms with E-state index in [1.54, 1.807) is 0 Å². The summed E-state index contributed by atoms with van der Waals surface area (Å²) in [4.78, 5) is 0. The van der Waals surface area contributed by atoms with Gasteiger partial charge in [-0.3, -0.25) is 0 Å². The first kappa shape index (κ1) is 12.9. The van der Waals surface area contributed by atoms with Gasteiger partial charge in [-0.2, -0.15) is 4.31 Å². The van der Waals surface area contributed by atoms with Crippen LogP contribution >= 0.6 is 0 Å². The van der Waals surface area contributed by atoms with E-state index < -0.39 is 10.0 Å². The van der Waals surface area contributed by atoms with Gasteiger partial charge in [-0.25, -0.2) is 8.42 Å². The van der Waals surface area contributed by atoms with Crippen molar-refractivity contribution in [3.05, 3.63) is 0 Å². The lowest BCUT2D eigenvalue weighted by molar-refractivity contribution is 0.212. The molecule has 0 radical (unpaired) electrons. The van der Waals surface area contributed by atoms with E-state index in [-0.39, 0.29) is 23.8 Å². The van der Waals surface area contributed by atoms with Gasteiger partial charge in [-0.05, 0) is 18.3 Å². The molecule has 5 heteroatoms. The number of rotatable bonds is 3. The molecule has 1 heterocycles. The zero-order valence-electron chi connectivity index (χ0n) is 9.73. The highest BCUT2D eigenvalue weighted by molar-refractivity contribution is 7.89. The van der Waals surface area contributed by atoms with Crippen molar-refractivity contribution in [3.8, 4) is 0 Å². The zero-order chi connectivity index (χ0) is 11.7. The van der Waals surface area contributed by atoms with E-state index in [0.717, 1.165) is 12.8 Å². The summed E-state index contributed by atoms with van der Waals surface area (Å²) in [6.45, 7) is 6.23. The lowest BCUT2D eigenvalue weighted by Crippen LogP contribution is -2.41. The van der Waals surface area contributed by atoms with Crippen LogP contribution in [0.4, 0.5) is 0 Å². The summed E-state index contributed by atoms with van der Waals surface area (Å²) >= 11 is 0. The minimum absolute atomic E-state index is 0.0661. The van der Waals surface area contributed by atoms with Gasteiger partial charge in [0.2, 0.25) is 10.0 Å². The molecule has 0 aromatic carbocycles. The van der Waals surface area contributed by atoms with E-state index in [1.807, 2.05) is 20.8 Å². The van der Waals surface area contributed by atoms with E-state index in [0.29, 0.717) is 6.54 Å². The molecule has 1 rings (SSSR count). The molecule has 4 nitrogen and oxygen atoms in total. The Morgan fingerprint density at radius 1 is 1.40 bits per heavy atom. The van der Waals surface area contributed by atoms with Crippen LogP contribution in [0, 0.1) is 5.41 Å². The van der Waals surface area contributed by atoms with Crippen molar-refractivity contribution >= 4 is 10.0 Å². The summed E-state index contributed by atoms with van der Waals surface area (Å²) in [6, 6.07) is -0.197. The highest BCUT2D eigenvalue weighted by Crippen LogP contribution is 2.25. The Morgan fingerprint density at radius 2 is 2.00 bits per heavy atom. The van der Waals surface area contributed by atoms with Crippen LogP contribution in [0.1, 0.15) is 33.6 Å². The molecule has 1 N–H and O–H groups in total. The molecule has 0 bridgehead atoms. The number of sulfonamides is 1. The molecule has 1 fully saturated rings. The predicted molar refractivity (Wildman–Crippen MR) is 60.1 cm³/mol. The number of nitrogens with zero attached hydrogens (tertiary/aromatic N) is 1. The molecule has 1 aliphatic rings. The van der Waals surface area contributed by atoms with Gasteiger partial charge >= 0.3 is 0 Å². The van der Waals surface area contributed by atoms with E-state index >= 15 is 0 Å². The Kier molecular flexibility index (Phi) is 3.79. The fraction of sp³-hybridized carbons (Fsp3) is 1.00. The van der Waals surface area contributed by atoms with Crippen LogP contribution in [0.15, 0.2) is 0 Å². The van der Waals surface area contributed by atoms with Gasteiger partial charge in [0.25, 0.3) is 0 Å². The van der Waals surface area contributed by atoms with Gasteiger partial charge < -0.3 is 5.11 Å². The molecule has 15 heavy (non-hydrogen) atoms. The van der Waals surface area contributed by atoms with Crippen LogP contribution in [0.25, 0.3) is 0 Å². The molecule has 0 amide bonds. The molecule has 1 aliphatic heterocycles. The van der Waals surface area contributed by atoms with Crippen molar-refractivity contribution in [1.29, 1.82) is 0 Å². The van der Waals surface area contributed by atoms with Gasteiger partial charge in [0.1, 0.15) is 0 Å². The quantitative estimate of drug-likeness (QED) is 0.788. The molecule has 0 aromatic heterocycles. The molecule has 0 unspecified atom stereocenters. The number of hydrogen-bond acceptors (Lipinski definition) is 3. The Balaban J connectivity index is 2.77. The smallest absolute Gasteiger partial charge is 0.214 e. The highest BCUT2D eigenvalue weighted by atomic mass is 32.2. The van der Waals surface area contributed by atoms with Crippen LogP contribution in [-0.2, 0) is 10.0 Å². The second-order valence-electron chi connectivity index (χ2n) is 5.41. The first-order chi connectivity index (χ1) is 6.76. The van der Waals surface area contributed by atoms with Crippen LogP contribution in [0.5, 0.6) is 0 Å². The van der Waals surface area contributed by atoms with Crippen LogP contribution < -0.4 is 0 Å². The first-order valence-corrected chi connectivity index (χ1v) is 6.97. The zero-order valence-corrected chi connectivity index (χ0v) is 10.5. The van der Waals surface area contributed by atoms with Gasteiger partial charge in [0.05, 0.1) is 12.4 Å². The van der Waals surface area contributed by atoms with Crippen LogP contribution in [0.2, 0.25) is 0 Å². The normalized spacial score (nSPS) is 24.7.